The summed E-state index contributed by atoms with van der Waals surface area (Å²) in [5, 5.41) is 13.2. The topological polar surface area (TPSA) is 41.5 Å². The van der Waals surface area contributed by atoms with E-state index in [1.165, 1.54) is 5.56 Å². The summed E-state index contributed by atoms with van der Waals surface area (Å²) in [5.74, 6) is 0. The van der Waals surface area contributed by atoms with Gasteiger partial charge in [0.15, 0.2) is 0 Å². The molecular formula is C21H37NO2. The van der Waals surface area contributed by atoms with Crippen molar-refractivity contribution in [1.29, 1.82) is 0 Å². The van der Waals surface area contributed by atoms with E-state index in [-0.39, 0.29) is 5.41 Å². The van der Waals surface area contributed by atoms with E-state index in [0.29, 0.717) is 18.6 Å². The fourth-order valence-corrected chi connectivity index (χ4v) is 3.23. The number of ether oxygens (including phenoxy) is 1. The van der Waals surface area contributed by atoms with Crippen LogP contribution in [0.25, 0.3) is 0 Å². The van der Waals surface area contributed by atoms with E-state index in [9.17, 15) is 5.11 Å². The van der Waals surface area contributed by atoms with Crippen molar-refractivity contribution in [2.45, 2.75) is 72.3 Å². The fraction of sp³-hybridized carbons (Fsp3) is 0.714. The van der Waals surface area contributed by atoms with Crippen LogP contribution in [0.1, 0.15) is 66.4 Å². The van der Waals surface area contributed by atoms with Crippen molar-refractivity contribution in [2.24, 2.45) is 5.41 Å². The van der Waals surface area contributed by atoms with Crippen LogP contribution in [-0.4, -0.2) is 31.0 Å². The summed E-state index contributed by atoms with van der Waals surface area (Å²) in [6.45, 7) is 15.2. The normalized spacial score (nSPS) is 13.8. The lowest BCUT2D eigenvalue weighted by atomic mass is 9.72. The van der Waals surface area contributed by atoms with Crippen molar-refractivity contribution in [1.82, 2.24) is 0 Å². The van der Waals surface area contributed by atoms with Crippen LogP contribution in [0, 0.1) is 5.41 Å². The molecule has 0 bridgehead atoms. The predicted octanol–water partition coefficient (Wildman–Crippen LogP) is 4.99. The Morgan fingerprint density at radius 2 is 1.71 bits per heavy atom. The van der Waals surface area contributed by atoms with Crippen LogP contribution in [0.15, 0.2) is 24.3 Å². The predicted molar refractivity (Wildman–Crippen MR) is 104 cm³/mol. The molecule has 3 heteroatoms. The second-order valence-corrected chi connectivity index (χ2v) is 8.66. The number of aliphatic hydroxyl groups is 1. The number of hydrogen-bond acceptors (Lipinski definition) is 3. The molecule has 1 atom stereocenters. The zero-order chi connectivity index (χ0) is 18.2. The summed E-state index contributed by atoms with van der Waals surface area (Å²) in [4.78, 5) is 0. The molecule has 0 aliphatic heterocycles. The number of anilines is 1. The first-order chi connectivity index (χ1) is 11.1. The number of rotatable bonds is 10. The number of aliphatic hydroxyl groups excluding tert-OH is 1. The minimum absolute atomic E-state index is 0.156. The average Bonchev–Trinajstić information content (AvgIpc) is 2.47. The Bertz CT molecular complexity index is 460. The maximum absolute atomic E-state index is 9.93. The summed E-state index contributed by atoms with van der Waals surface area (Å²) in [6, 6.07) is 8.59. The minimum Gasteiger partial charge on any atom is -0.389 e. The number of hydrogen-bond donors (Lipinski definition) is 2. The molecular weight excluding hydrogens is 298 g/mol. The maximum atomic E-state index is 9.93. The van der Waals surface area contributed by atoms with E-state index in [1.54, 1.807) is 0 Å². The van der Waals surface area contributed by atoms with Gasteiger partial charge in [-0.25, -0.2) is 0 Å². The van der Waals surface area contributed by atoms with E-state index in [1.807, 2.05) is 0 Å². The Labute approximate surface area is 148 Å². The van der Waals surface area contributed by atoms with Gasteiger partial charge in [-0.3, -0.25) is 0 Å². The molecule has 0 aliphatic rings. The molecule has 0 aliphatic carbocycles. The first kappa shape index (κ1) is 21.0. The highest BCUT2D eigenvalue weighted by molar-refractivity contribution is 5.46. The minimum atomic E-state index is -0.473. The molecule has 3 nitrogen and oxygen atoms in total. The van der Waals surface area contributed by atoms with Crippen molar-refractivity contribution < 1.29 is 9.84 Å². The molecule has 138 valence electrons. The summed E-state index contributed by atoms with van der Waals surface area (Å²) in [5.41, 5.74) is 2.86. The van der Waals surface area contributed by atoms with Crippen molar-refractivity contribution >= 4 is 5.69 Å². The van der Waals surface area contributed by atoms with Crippen LogP contribution in [0.4, 0.5) is 5.69 Å². The standard InChI is InChI=1S/C21H37NO2/c1-7-8-13-24-15-19(23)14-22-18-11-9-17(10-12-18)21(5,6)16-20(2,3)4/h9-12,19,22-23H,7-8,13-16H2,1-6H3. The molecule has 1 aromatic rings. The number of nitrogens with one attached hydrogen (secondary N) is 1. The first-order valence-corrected chi connectivity index (χ1v) is 9.24. The van der Waals surface area contributed by atoms with E-state index in [4.69, 9.17) is 4.74 Å². The average molecular weight is 336 g/mol. The molecule has 0 saturated heterocycles. The van der Waals surface area contributed by atoms with Crippen molar-refractivity contribution in [3.8, 4) is 0 Å². The lowest BCUT2D eigenvalue weighted by Gasteiger charge is -2.33. The summed E-state index contributed by atoms with van der Waals surface area (Å²) < 4.78 is 5.44. The molecule has 24 heavy (non-hydrogen) atoms. The molecule has 1 unspecified atom stereocenters. The molecule has 0 aromatic heterocycles. The van der Waals surface area contributed by atoms with Gasteiger partial charge in [0, 0.05) is 18.8 Å². The summed E-state index contributed by atoms with van der Waals surface area (Å²) in [7, 11) is 0. The highest BCUT2D eigenvalue weighted by atomic mass is 16.5. The van der Waals surface area contributed by atoms with Gasteiger partial charge in [0.05, 0.1) is 12.7 Å². The second kappa shape index (κ2) is 9.43. The van der Waals surface area contributed by atoms with Crippen LogP contribution >= 0.6 is 0 Å². The van der Waals surface area contributed by atoms with Gasteiger partial charge < -0.3 is 15.2 Å². The van der Waals surface area contributed by atoms with Gasteiger partial charge in [-0.2, -0.15) is 0 Å². The van der Waals surface area contributed by atoms with Crippen LogP contribution in [-0.2, 0) is 10.2 Å². The molecule has 0 saturated carbocycles. The van der Waals surface area contributed by atoms with Gasteiger partial charge in [0.1, 0.15) is 0 Å². The SMILES string of the molecule is CCCCOCC(O)CNc1ccc(C(C)(C)CC(C)(C)C)cc1. The van der Waals surface area contributed by atoms with Crippen LogP contribution < -0.4 is 5.32 Å². The zero-order valence-electron chi connectivity index (χ0n) is 16.5. The molecule has 1 aromatic carbocycles. The van der Waals surface area contributed by atoms with Crippen LogP contribution in [0.2, 0.25) is 0 Å². The Hall–Kier alpha value is -1.06. The van der Waals surface area contributed by atoms with Gasteiger partial charge in [0.25, 0.3) is 0 Å². The van der Waals surface area contributed by atoms with E-state index in [0.717, 1.165) is 31.6 Å². The van der Waals surface area contributed by atoms with Crippen molar-refractivity contribution in [2.75, 3.05) is 25.1 Å². The molecule has 0 fully saturated rings. The van der Waals surface area contributed by atoms with Crippen molar-refractivity contribution in [3.05, 3.63) is 29.8 Å². The highest BCUT2D eigenvalue weighted by Gasteiger charge is 2.27. The largest absolute Gasteiger partial charge is 0.389 e. The van der Waals surface area contributed by atoms with E-state index in [2.05, 4.69) is 71.1 Å². The lowest BCUT2D eigenvalue weighted by Crippen LogP contribution is -2.26. The quantitative estimate of drug-likeness (QED) is 0.592. The highest BCUT2D eigenvalue weighted by Crippen LogP contribution is 2.36. The smallest absolute Gasteiger partial charge is 0.0945 e. The Morgan fingerprint density at radius 1 is 1.08 bits per heavy atom. The fourth-order valence-electron chi connectivity index (χ4n) is 3.23. The Balaban J connectivity index is 2.47. The van der Waals surface area contributed by atoms with Gasteiger partial charge >= 0.3 is 0 Å². The third-order valence-corrected chi connectivity index (χ3v) is 4.13. The molecule has 0 heterocycles. The van der Waals surface area contributed by atoms with Crippen molar-refractivity contribution in [3.63, 3.8) is 0 Å². The molecule has 2 N–H and O–H groups in total. The molecule has 0 spiro atoms. The van der Waals surface area contributed by atoms with E-state index < -0.39 is 6.10 Å². The van der Waals surface area contributed by atoms with Crippen LogP contribution in [0.5, 0.6) is 0 Å². The monoisotopic (exact) mass is 335 g/mol. The second-order valence-electron chi connectivity index (χ2n) is 8.66. The van der Waals surface area contributed by atoms with Gasteiger partial charge in [-0.1, -0.05) is 60.1 Å². The summed E-state index contributed by atoms with van der Waals surface area (Å²) in [6.07, 6.45) is 2.83. The summed E-state index contributed by atoms with van der Waals surface area (Å²) >= 11 is 0. The molecule has 0 radical (unpaired) electrons. The number of benzene rings is 1. The Morgan fingerprint density at radius 3 is 2.25 bits per heavy atom. The lowest BCUT2D eigenvalue weighted by molar-refractivity contribution is 0.0422. The first-order valence-electron chi connectivity index (χ1n) is 9.24. The van der Waals surface area contributed by atoms with Gasteiger partial charge in [-0.05, 0) is 41.4 Å². The van der Waals surface area contributed by atoms with E-state index >= 15 is 0 Å². The molecule has 1 rings (SSSR count). The number of unbranched alkanes of at least 4 members (excludes halogenated alkanes) is 1. The zero-order valence-corrected chi connectivity index (χ0v) is 16.5. The maximum Gasteiger partial charge on any atom is 0.0945 e. The van der Waals surface area contributed by atoms with Gasteiger partial charge in [-0.15, -0.1) is 0 Å². The van der Waals surface area contributed by atoms with Crippen LogP contribution in [0.3, 0.4) is 0 Å². The third-order valence-electron chi connectivity index (χ3n) is 4.13. The molecule has 0 amide bonds. The Kier molecular flexibility index (Phi) is 8.24. The third kappa shape index (κ3) is 8.16. The van der Waals surface area contributed by atoms with Gasteiger partial charge in [0.2, 0.25) is 0 Å².